The van der Waals surface area contributed by atoms with Gasteiger partial charge in [-0.2, -0.15) is 0 Å². The Morgan fingerprint density at radius 1 is 1.42 bits per heavy atom. The monoisotopic (exact) mass is 166 g/mol. The topological polar surface area (TPSA) is 61.3 Å². The van der Waals surface area contributed by atoms with E-state index in [-0.39, 0.29) is 6.04 Å². The molecule has 0 aliphatic rings. The molecule has 0 saturated carbocycles. The van der Waals surface area contributed by atoms with Crippen molar-refractivity contribution in [2.75, 3.05) is 12.8 Å². The molecule has 1 atom stereocenters. The van der Waals surface area contributed by atoms with Crippen molar-refractivity contribution < 1.29 is 4.74 Å². The van der Waals surface area contributed by atoms with Crippen LogP contribution in [-0.4, -0.2) is 7.11 Å². The van der Waals surface area contributed by atoms with E-state index in [9.17, 15) is 0 Å². The number of methoxy groups -OCH3 is 1. The minimum atomic E-state index is -0.0316. The van der Waals surface area contributed by atoms with Gasteiger partial charge in [-0.25, -0.2) is 0 Å². The Kier molecular flexibility index (Phi) is 2.55. The van der Waals surface area contributed by atoms with Gasteiger partial charge in [0.2, 0.25) is 0 Å². The third-order valence-electron chi connectivity index (χ3n) is 1.78. The van der Waals surface area contributed by atoms with Gasteiger partial charge in [0, 0.05) is 17.8 Å². The maximum Gasteiger partial charge on any atom is 0.120 e. The highest BCUT2D eigenvalue weighted by Gasteiger charge is 2.04. The fourth-order valence-corrected chi connectivity index (χ4v) is 1.09. The second kappa shape index (κ2) is 3.45. The summed E-state index contributed by atoms with van der Waals surface area (Å²) in [6, 6.07) is 5.49. The first-order chi connectivity index (χ1) is 5.65. The lowest BCUT2D eigenvalue weighted by atomic mass is 10.1. The van der Waals surface area contributed by atoms with Gasteiger partial charge in [-0.3, -0.25) is 0 Å². The van der Waals surface area contributed by atoms with Gasteiger partial charge in [-0.05, 0) is 18.6 Å². The molecule has 0 aliphatic heterocycles. The molecule has 1 aromatic carbocycles. The predicted molar refractivity (Wildman–Crippen MR) is 50.0 cm³/mol. The molecule has 0 amide bonds. The summed E-state index contributed by atoms with van der Waals surface area (Å²) in [5, 5.41) is 0. The summed E-state index contributed by atoms with van der Waals surface area (Å²) in [6.45, 7) is 1.90. The fraction of sp³-hybridized carbons (Fsp3) is 0.333. The third-order valence-corrected chi connectivity index (χ3v) is 1.78. The number of hydrogen-bond acceptors (Lipinski definition) is 3. The van der Waals surface area contributed by atoms with E-state index >= 15 is 0 Å². The molecule has 0 spiro atoms. The van der Waals surface area contributed by atoms with Crippen molar-refractivity contribution in [1.82, 2.24) is 0 Å². The average Bonchev–Trinajstić information content (AvgIpc) is 2.03. The minimum absolute atomic E-state index is 0.0316. The summed E-state index contributed by atoms with van der Waals surface area (Å²) in [5.74, 6) is 0.761. The van der Waals surface area contributed by atoms with Gasteiger partial charge in [0.05, 0.1) is 7.11 Å². The van der Waals surface area contributed by atoms with Crippen molar-refractivity contribution in [3.8, 4) is 5.75 Å². The van der Waals surface area contributed by atoms with Crippen molar-refractivity contribution in [3.63, 3.8) is 0 Å². The first-order valence-electron chi connectivity index (χ1n) is 3.84. The molecule has 3 nitrogen and oxygen atoms in total. The number of hydrogen-bond donors (Lipinski definition) is 2. The zero-order chi connectivity index (χ0) is 9.14. The smallest absolute Gasteiger partial charge is 0.120 e. The van der Waals surface area contributed by atoms with Crippen molar-refractivity contribution in [2.45, 2.75) is 13.0 Å². The van der Waals surface area contributed by atoms with Gasteiger partial charge in [-0.15, -0.1) is 0 Å². The number of nitrogen functional groups attached to an aromatic ring is 1. The Bertz CT molecular complexity index is 271. The van der Waals surface area contributed by atoms with Gasteiger partial charge < -0.3 is 16.2 Å². The summed E-state index contributed by atoms with van der Waals surface area (Å²) in [7, 11) is 1.61. The average molecular weight is 166 g/mol. The van der Waals surface area contributed by atoms with Crippen molar-refractivity contribution in [3.05, 3.63) is 23.8 Å². The molecule has 3 heteroatoms. The summed E-state index contributed by atoms with van der Waals surface area (Å²) in [5.41, 5.74) is 13.1. The summed E-state index contributed by atoms with van der Waals surface area (Å²) >= 11 is 0. The van der Waals surface area contributed by atoms with Crippen molar-refractivity contribution in [2.24, 2.45) is 5.73 Å². The van der Waals surface area contributed by atoms with E-state index in [0.717, 1.165) is 11.3 Å². The molecule has 0 aliphatic carbocycles. The van der Waals surface area contributed by atoms with E-state index in [4.69, 9.17) is 16.2 Å². The lowest BCUT2D eigenvalue weighted by molar-refractivity contribution is 0.415. The Morgan fingerprint density at radius 3 is 2.50 bits per heavy atom. The van der Waals surface area contributed by atoms with Gasteiger partial charge >= 0.3 is 0 Å². The third kappa shape index (κ3) is 1.68. The Hall–Kier alpha value is -1.22. The van der Waals surface area contributed by atoms with Gasteiger partial charge in [0.25, 0.3) is 0 Å². The van der Waals surface area contributed by atoms with Crippen LogP contribution >= 0.6 is 0 Å². The molecule has 0 bridgehead atoms. The van der Waals surface area contributed by atoms with E-state index in [1.54, 1.807) is 13.2 Å². The number of ether oxygens (including phenoxy) is 1. The van der Waals surface area contributed by atoms with E-state index < -0.39 is 0 Å². The van der Waals surface area contributed by atoms with E-state index in [1.807, 2.05) is 19.1 Å². The summed E-state index contributed by atoms with van der Waals surface area (Å²) < 4.78 is 5.01. The summed E-state index contributed by atoms with van der Waals surface area (Å²) in [6.07, 6.45) is 0. The van der Waals surface area contributed by atoms with Crippen molar-refractivity contribution in [1.29, 1.82) is 0 Å². The van der Waals surface area contributed by atoms with E-state index in [0.29, 0.717) is 5.69 Å². The van der Waals surface area contributed by atoms with Gasteiger partial charge in [0.15, 0.2) is 0 Å². The molecule has 0 radical (unpaired) electrons. The van der Waals surface area contributed by atoms with E-state index in [2.05, 4.69) is 0 Å². The Labute approximate surface area is 72.3 Å². The molecule has 12 heavy (non-hydrogen) atoms. The number of anilines is 1. The molecule has 1 rings (SSSR count). The van der Waals surface area contributed by atoms with Crippen molar-refractivity contribution >= 4 is 5.69 Å². The molecule has 0 unspecified atom stereocenters. The summed E-state index contributed by atoms with van der Waals surface area (Å²) in [4.78, 5) is 0. The predicted octanol–water partition coefficient (Wildman–Crippen LogP) is 1.30. The van der Waals surface area contributed by atoms with Crippen LogP contribution in [0.2, 0.25) is 0 Å². The zero-order valence-electron chi connectivity index (χ0n) is 7.37. The molecule has 0 fully saturated rings. The first-order valence-corrected chi connectivity index (χ1v) is 3.84. The standard InChI is InChI=1S/C9H14N2O/c1-6(10)8-4-3-7(12-2)5-9(8)11/h3-6H,10-11H2,1-2H3/t6-/m0/s1. The highest BCUT2D eigenvalue weighted by atomic mass is 16.5. The minimum Gasteiger partial charge on any atom is -0.497 e. The molecule has 4 N–H and O–H groups in total. The van der Waals surface area contributed by atoms with Crippen LogP contribution in [0.5, 0.6) is 5.75 Å². The number of nitrogens with two attached hydrogens (primary N) is 2. The second-order valence-electron chi connectivity index (χ2n) is 2.78. The number of rotatable bonds is 2. The van der Waals surface area contributed by atoms with Crippen LogP contribution in [0.15, 0.2) is 18.2 Å². The first kappa shape index (κ1) is 8.87. The molecular weight excluding hydrogens is 152 g/mol. The molecule has 1 aromatic rings. The largest absolute Gasteiger partial charge is 0.497 e. The molecule has 0 aromatic heterocycles. The lowest BCUT2D eigenvalue weighted by Crippen LogP contribution is -2.07. The molecule has 0 saturated heterocycles. The molecular formula is C9H14N2O. The van der Waals surface area contributed by atoms with Crippen LogP contribution in [0.25, 0.3) is 0 Å². The highest BCUT2D eigenvalue weighted by molar-refractivity contribution is 5.52. The second-order valence-corrected chi connectivity index (χ2v) is 2.78. The normalized spacial score (nSPS) is 12.6. The SMILES string of the molecule is COc1ccc([C@H](C)N)c(N)c1. The van der Waals surface area contributed by atoms with Crippen LogP contribution in [0.3, 0.4) is 0 Å². The lowest BCUT2D eigenvalue weighted by Gasteiger charge is -2.10. The van der Waals surface area contributed by atoms with Crippen LogP contribution < -0.4 is 16.2 Å². The highest BCUT2D eigenvalue weighted by Crippen LogP contribution is 2.23. The molecule has 66 valence electrons. The number of benzene rings is 1. The van der Waals surface area contributed by atoms with Gasteiger partial charge in [0.1, 0.15) is 5.75 Å². The van der Waals surface area contributed by atoms with Crippen LogP contribution in [0.4, 0.5) is 5.69 Å². The zero-order valence-corrected chi connectivity index (χ0v) is 7.37. The quantitative estimate of drug-likeness (QED) is 0.651. The maximum absolute atomic E-state index is 5.74. The van der Waals surface area contributed by atoms with Crippen LogP contribution in [0, 0.1) is 0 Å². The van der Waals surface area contributed by atoms with Gasteiger partial charge in [-0.1, -0.05) is 6.07 Å². The van der Waals surface area contributed by atoms with E-state index in [1.165, 1.54) is 0 Å². The fourth-order valence-electron chi connectivity index (χ4n) is 1.09. The Morgan fingerprint density at radius 2 is 2.08 bits per heavy atom. The molecule has 0 heterocycles. The maximum atomic E-state index is 5.74. The van der Waals surface area contributed by atoms with Crippen LogP contribution in [0.1, 0.15) is 18.5 Å². The Balaban J connectivity index is 3.03. The van der Waals surface area contributed by atoms with Crippen LogP contribution in [-0.2, 0) is 0 Å².